The van der Waals surface area contributed by atoms with Gasteiger partial charge in [-0.25, -0.2) is 17.8 Å². The van der Waals surface area contributed by atoms with Crippen LogP contribution in [-0.2, 0) is 16.4 Å². The average Bonchev–Trinajstić information content (AvgIpc) is 2.67. The summed E-state index contributed by atoms with van der Waals surface area (Å²) in [7, 11) is -3.72. The molecule has 3 rings (SSSR count). The smallest absolute Gasteiger partial charge is 0.206 e. The fraction of sp³-hybridized carbons (Fsp3) is 0.100. The van der Waals surface area contributed by atoms with Gasteiger partial charge >= 0.3 is 0 Å². The summed E-state index contributed by atoms with van der Waals surface area (Å²) < 4.78 is 38.8. The summed E-state index contributed by atoms with van der Waals surface area (Å²) in [6.45, 7) is 1.86. The van der Waals surface area contributed by atoms with E-state index in [1.165, 1.54) is 24.3 Å². The van der Waals surface area contributed by atoms with E-state index in [1.807, 2.05) is 0 Å². The van der Waals surface area contributed by atoms with E-state index >= 15 is 0 Å². The molecule has 0 amide bonds. The number of benzene rings is 2. The second kappa shape index (κ2) is 8.18. The first-order chi connectivity index (χ1) is 13.4. The predicted molar refractivity (Wildman–Crippen MR) is 106 cm³/mol. The first kappa shape index (κ1) is 19.5. The maximum Gasteiger partial charge on any atom is 0.206 e. The highest BCUT2D eigenvalue weighted by molar-refractivity contribution is 7.91. The highest BCUT2D eigenvalue weighted by Crippen LogP contribution is 2.24. The van der Waals surface area contributed by atoms with Gasteiger partial charge in [-0.15, -0.1) is 0 Å². The van der Waals surface area contributed by atoms with Crippen LogP contribution in [0.15, 0.2) is 81.8 Å². The number of halogens is 1. The lowest BCUT2D eigenvalue weighted by Gasteiger charge is -2.09. The molecule has 0 aliphatic heterocycles. The van der Waals surface area contributed by atoms with Gasteiger partial charge in [0.2, 0.25) is 9.84 Å². The van der Waals surface area contributed by atoms with Crippen LogP contribution < -0.4 is 11.1 Å². The molecule has 0 radical (unpaired) electrons. The van der Waals surface area contributed by atoms with Gasteiger partial charge in [-0.2, -0.15) is 0 Å². The highest BCUT2D eigenvalue weighted by Gasteiger charge is 2.20. The number of nitrogens with zero attached hydrogens (tertiary/aromatic N) is 2. The van der Waals surface area contributed by atoms with Crippen molar-refractivity contribution in [3.05, 3.63) is 83.9 Å². The first-order valence-electron chi connectivity index (χ1n) is 8.43. The normalized spacial score (nSPS) is 12.0. The Morgan fingerprint density at radius 3 is 2.43 bits per heavy atom. The van der Waals surface area contributed by atoms with Gasteiger partial charge in [0.1, 0.15) is 5.82 Å². The van der Waals surface area contributed by atoms with Crippen molar-refractivity contribution in [3.8, 4) is 0 Å². The Morgan fingerprint density at radius 2 is 1.79 bits per heavy atom. The van der Waals surface area contributed by atoms with Crippen LogP contribution in [0.2, 0.25) is 0 Å². The predicted octanol–water partition coefficient (Wildman–Crippen LogP) is 3.29. The molecule has 0 aliphatic rings. The molecule has 8 heteroatoms. The Kier molecular flexibility index (Phi) is 5.70. The number of hydrogen-bond donors (Lipinski definition) is 2. The molecule has 0 unspecified atom stereocenters. The Labute approximate surface area is 162 Å². The number of pyridine rings is 1. The van der Waals surface area contributed by atoms with Crippen molar-refractivity contribution in [1.29, 1.82) is 0 Å². The van der Waals surface area contributed by atoms with Gasteiger partial charge in [0.15, 0.2) is 5.96 Å². The third-order valence-corrected chi connectivity index (χ3v) is 5.97. The van der Waals surface area contributed by atoms with Gasteiger partial charge in [-0.1, -0.05) is 12.1 Å². The molecule has 0 fully saturated rings. The van der Waals surface area contributed by atoms with Crippen molar-refractivity contribution in [2.24, 2.45) is 10.7 Å². The lowest BCUT2D eigenvalue weighted by atomic mass is 10.2. The number of guanidine groups is 1. The van der Waals surface area contributed by atoms with E-state index in [9.17, 15) is 12.8 Å². The van der Waals surface area contributed by atoms with E-state index in [4.69, 9.17) is 5.73 Å². The van der Waals surface area contributed by atoms with Crippen LogP contribution in [0, 0.1) is 12.7 Å². The van der Waals surface area contributed by atoms with Crippen LogP contribution in [0.3, 0.4) is 0 Å². The Bertz CT molecular complexity index is 1100. The third kappa shape index (κ3) is 4.52. The standard InChI is InChI=1S/C20H19FN4O2S/c1-14-12-16(21)4-7-19(14)28(26,27)18-5-2-15(3-6-18)13-24-20(22)25-17-8-10-23-11-9-17/h2-12H,13H2,1H3,(H3,22,23,24,25). The lowest BCUT2D eigenvalue weighted by Crippen LogP contribution is -2.22. The number of anilines is 1. The van der Waals surface area contributed by atoms with Crippen molar-refractivity contribution in [2.75, 3.05) is 5.32 Å². The topological polar surface area (TPSA) is 97.4 Å². The number of aromatic nitrogens is 1. The molecule has 0 saturated carbocycles. The molecular formula is C20H19FN4O2S. The van der Waals surface area contributed by atoms with E-state index in [0.29, 0.717) is 12.1 Å². The minimum absolute atomic E-state index is 0.0884. The molecule has 0 saturated heterocycles. The Hall–Kier alpha value is -3.26. The van der Waals surface area contributed by atoms with Crippen LogP contribution in [0.1, 0.15) is 11.1 Å². The molecule has 1 heterocycles. The number of rotatable bonds is 5. The minimum atomic E-state index is -3.72. The molecule has 3 aromatic rings. The van der Waals surface area contributed by atoms with E-state index < -0.39 is 15.7 Å². The summed E-state index contributed by atoms with van der Waals surface area (Å²) >= 11 is 0. The lowest BCUT2D eigenvalue weighted by molar-refractivity contribution is 0.593. The summed E-state index contributed by atoms with van der Waals surface area (Å²) in [6.07, 6.45) is 3.27. The third-order valence-electron chi connectivity index (χ3n) is 4.04. The Balaban J connectivity index is 1.73. The molecule has 28 heavy (non-hydrogen) atoms. The van der Waals surface area contributed by atoms with Gasteiger partial charge in [0.25, 0.3) is 0 Å². The number of nitrogens with two attached hydrogens (primary N) is 1. The van der Waals surface area contributed by atoms with Crippen molar-refractivity contribution in [3.63, 3.8) is 0 Å². The van der Waals surface area contributed by atoms with Gasteiger partial charge in [-0.05, 0) is 60.5 Å². The highest BCUT2D eigenvalue weighted by atomic mass is 32.2. The maximum atomic E-state index is 13.3. The quantitative estimate of drug-likeness (QED) is 0.390. The number of aliphatic imine (C=N–C) groups is 1. The summed E-state index contributed by atoms with van der Waals surface area (Å²) in [5, 5.41) is 2.94. The first-order valence-corrected chi connectivity index (χ1v) is 9.92. The van der Waals surface area contributed by atoms with Gasteiger partial charge in [0, 0.05) is 18.1 Å². The monoisotopic (exact) mass is 398 g/mol. The molecular weight excluding hydrogens is 379 g/mol. The SMILES string of the molecule is Cc1cc(F)ccc1S(=O)(=O)c1ccc(CN=C(N)Nc2ccncc2)cc1. The molecule has 6 nitrogen and oxygen atoms in total. The molecule has 144 valence electrons. The average molecular weight is 398 g/mol. The molecule has 0 aliphatic carbocycles. The zero-order valence-electron chi connectivity index (χ0n) is 15.1. The van der Waals surface area contributed by atoms with Gasteiger partial charge in [0.05, 0.1) is 16.3 Å². The summed E-state index contributed by atoms with van der Waals surface area (Å²) in [6, 6.07) is 13.5. The number of nitrogens with one attached hydrogen (secondary N) is 1. The fourth-order valence-corrected chi connectivity index (χ4v) is 4.09. The minimum Gasteiger partial charge on any atom is -0.370 e. The van der Waals surface area contributed by atoms with E-state index in [1.54, 1.807) is 43.6 Å². The molecule has 0 spiro atoms. The van der Waals surface area contributed by atoms with Crippen LogP contribution >= 0.6 is 0 Å². The summed E-state index contributed by atoms with van der Waals surface area (Å²) in [5.74, 6) is -0.229. The summed E-state index contributed by atoms with van der Waals surface area (Å²) in [4.78, 5) is 8.38. The van der Waals surface area contributed by atoms with Crippen LogP contribution in [-0.4, -0.2) is 19.4 Å². The number of aryl methyl sites for hydroxylation is 1. The van der Waals surface area contributed by atoms with Gasteiger partial charge < -0.3 is 11.1 Å². The molecule has 2 aromatic carbocycles. The van der Waals surface area contributed by atoms with Crippen molar-refractivity contribution < 1.29 is 12.8 Å². The maximum absolute atomic E-state index is 13.3. The zero-order valence-corrected chi connectivity index (χ0v) is 15.9. The van der Waals surface area contributed by atoms with Gasteiger partial charge in [-0.3, -0.25) is 4.98 Å². The van der Waals surface area contributed by atoms with E-state index in [2.05, 4.69) is 15.3 Å². The fourth-order valence-electron chi connectivity index (χ4n) is 2.61. The number of hydrogen-bond acceptors (Lipinski definition) is 4. The van der Waals surface area contributed by atoms with Crippen LogP contribution in [0.25, 0.3) is 0 Å². The molecule has 0 bridgehead atoms. The van der Waals surface area contributed by atoms with Crippen LogP contribution in [0.4, 0.5) is 10.1 Å². The summed E-state index contributed by atoms with van der Waals surface area (Å²) in [5.41, 5.74) is 7.78. The van der Waals surface area contributed by atoms with E-state index in [0.717, 1.165) is 17.3 Å². The zero-order chi connectivity index (χ0) is 20.1. The van der Waals surface area contributed by atoms with Crippen molar-refractivity contribution in [2.45, 2.75) is 23.3 Å². The largest absolute Gasteiger partial charge is 0.370 e. The van der Waals surface area contributed by atoms with Crippen molar-refractivity contribution in [1.82, 2.24) is 4.98 Å². The Morgan fingerprint density at radius 1 is 1.11 bits per heavy atom. The molecule has 3 N–H and O–H groups in total. The van der Waals surface area contributed by atoms with E-state index in [-0.39, 0.29) is 15.8 Å². The number of sulfone groups is 1. The second-order valence-corrected chi connectivity index (χ2v) is 8.04. The second-order valence-electron chi connectivity index (χ2n) is 6.12. The molecule has 1 aromatic heterocycles. The van der Waals surface area contributed by atoms with Crippen LogP contribution in [0.5, 0.6) is 0 Å². The molecule has 0 atom stereocenters. The van der Waals surface area contributed by atoms with Crippen molar-refractivity contribution >= 4 is 21.5 Å².